The first-order chi connectivity index (χ1) is 14.6. The number of carbonyl (C=O) groups is 2. The number of hydrazone groups is 1. The lowest BCUT2D eigenvalue weighted by Gasteiger charge is -2.19. The molecular formula is C23H24N4O4. The number of hydrogen-bond acceptors (Lipinski definition) is 4. The summed E-state index contributed by atoms with van der Waals surface area (Å²) in [6.45, 7) is 8.11. The second-order valence-corrected chi connectivity index (χ2v) is 8.17. The molecule has 160 valence electrons. The van der Waals surface area contributed by atoms with E-state index in [0.717, 1.165) is 5.56 Å². The number of carbonyl (C=O) groups excluding carboxylic acids is 1. The molecule has 3 rings (SSSR count). The van der Waals surface area contributed by atoms with E-state index in [2.05, 4.69) is 36.4 Å². The number of hydrogen-bond donors (Lipinski definition) is 3. The summed E-state index contributed by atoms with van der Waals surface area (Å²) in [4.78, 5) is 35.8. The molecule has 1 aromatic heterocycles. The summed E-state index contributed by atoms with van der Waals surface area (Å²) in [6, 6.07) is 13.2. The van der Waals surface area contributed by atoms with Gasteiger partial charge in [0.1, 0.15) is 0 Å². The summed E-state index contributed by atoms with van der Waals surface area (Å²) >= 11 is 0. The monoisotopic (exact) mass is 420 g/mol. The lowest BCUT2D eigenvalue weighted by Crippen LogP contribution is -2.20. The quantitative estimate of drug-likeness (QED) is 0.434. The molecule has 0 aliphatic carbocycles. The van der Waals surface area contributed by atoms with Crippen LogP contribution in [0.4, 0.5) is 0 Å². The molecule has 1 heterocycles. The maximum Gasteiger partial charge on any atom is 0.335 e. The number of H-pyrrole nitrogens is 1. The number of aromatic nitrogens is 2. The molecule has 8 heteroatoms. The third-order valence-corrected chi connectivity index (χ3v) is 4.86. The Hall–Kier alpha value is -3.94. The van der Waals surface area contributed by atoms with Gasteiger partial charge < -0.3 is 5.11 Å². The second-order valence-electron chi connectivity index (χ2n) is 8.17. The Balaban J connectivity index is 1.76. The van der Waals surface area contributed by atoms with Crippen molar-refractivity contribution in [3.8, 4) is 5.69 Å². The molecule has 0 aliphatic heterocycles. The van der Waals surface area contributed by atoms with Crippen LogP contribution in [0.1, 0.15) is 58.3 Å². The molecule has 0 fully saturated rings. The van der Waals surface area contributed by atoms with Crippen LogP contribution in [-0.4, -0.2) is 33.0 Å². The minimum Gasteiger partial charge on any atom is -0.478 e. The van der Waals surface area contributed by atoms with Crippen LogP contribution in [0.25, 0.3) is 5.69 Å². The van der Waals surface area contributed by atoms with Gasteiger partial charge in [0.15, 0.2) is 0 Å². The average molecular weight is 420 g/mol. The molecule has 3 aromatic rings. The Morgan fingerprint density at radius 1 is 1.03 bits per heavy atom. The number of aromatic amines is 1. The Kier molecular flexibility index (Phi) is 5.92. The van der Waals surface area contributed by atoms with E-state index in [-0.39, 0.29) is 22.1 Å². The van der Waals surface area contributed by atoms with E-state index < -0.39 is 11.9 Å². The van der Waals surface area contributed by atoms with Gasteiger partial charge in [-0.05, 0) is 54.3 Å². The number of nitrogens with zero attached hydrogens (tertiary/aromatic N) is 2. The Morgan fingerprint density at radius 2 is 1.61 bits per heavy atom. The van der Waals surface area contributed by atoms with Crippen LogP contribution >= 0.6 is 0 Å². The van der Waals surface area contributed by atoms with Crippen molar-refractivity contribution < 1.29 is 14.7 Å². The van der Waals surface area contributed by atoms with E-state index in [1.165, 1.54) is 35.2 Å². The fourth-order valence-corrected chi connectivity index (χ4v) is 2.99. The van der Waals surface area contributed by atoms with E-state index in [1.54, 1.807) is 6.92 Å². The van der Waals surface area contributed by atoms with Crippen LogP contribution in [0.15, 0.2) is 58.4 Å². The second kappa shape index (κ2) is 8.43. The zero-order valence-corrected chi connectivity index (χ0v) is 17.8. The van der Waals surface area contributed by atoms with Gasteiger partial charge >= 0.3 is 5.97 Å². The highest BCUT2D eigenvalue weighted by Crippen LogP contribution is 2.22. The van der Waals surface area contributed by atoms with Gasteiger partial charge in [0, 0.05) is 11.3 Å². The van der Waals surface area contributed by atoms with Crippen LogP contribution in [-0.2, 0) is 5.41 Å². The smallest absolute Gasteiger partial charge is 0.335 e. The zero-order valence-electron chi connectivity index (χ0n) is 17.8. The normalized spacial score (nSPS) is 11.6. The van der Waals surface area contributed by atoms with E-state index in [1.807, 2.05) is 24.3 Å². The van der Waals surface area contributed by atoms with Crippen LogP contribution in [0.2, 0.25) is 0 Å². The molecule has 0 saturated heterocycles. The highest BCUT2D eigenvalue weighted by atomic mass is 16.4. The fraction of sp³-hybridized carbons (Fsp3) is 0.217. The van der Waals surface area contributed by atoms with Crippen molar-refractivity contribution >= 4 is 18.1 Å². The number of nitrogens with one attached hydrogen (secondary N) is 2. The third-order valence-electron chi connectivity index (χ3n) is 4.86. The summed E-state index contributed by atoms with van der Waals surface area (Å²) in [6.07, 6.45) is 1.29. The van der Waals surface area contributed by atoms with Gasteiger partial charge in [-0.25, -0.2) is 14.9 Å². The average Bonchev–Trinajstić information content (AvgIpc) is 3.01. The standard InChI is InChI=1S/C23H24N4O4/c1-14-19(13-24-25-20(28)15-5-7-16(8-6-15)22(30)31)21(29)27(26-14)18-11-9-17(10-12-18)23(2,3)4/h5-13,26H,1-4H3,(H,25,28)(H,30,31)/b24-13+. The van der Waals surface area contributed by atoms with Crippen LogP contribution in [0.5, 0.6) is 0 Å². The minimum absolute atomic E-state index is 0.0130. The predicted molar refractivity (Wildman–Crippen MR) is 118 cm³/mol. The summed E-state index contributed by atoms with van der Waals surface area (Å²) in [5, 5.41) is 15.8. The summed E-state index contributed by atoms with van der Waals surface area (Å²) in [5.41, 5.74) is 5.19. The lowest BCUT2D eigenvalue weighted by atomic mass is 9.87. The number of benzene rings is 2. The van der Waals surface area contributed by atoms with E-state index in [9.17, 15) is 14.4 Å². The van der Waals surface area contributed by atoms with Gasteiger partial charge in [-0.1, -0.05) is 32.9 Å². The Morgan fingerprint density at radius 3 is 2.16 bits per heavy atom. The molecular weight excluding hydrogens is 396 g/mol. The predicted octanol–water partition coefficient (Wildman–Crippen LogP) is 3.23. The first kappa shape index (κ1) is 21.8. The van der Waals surface area contributed by atoms with Gasteiger partial charge in [0.2, 0.25) is 0 Å². The van der Waals surface area contributed by atoms with Gasteiger partial charge in [-0.3, -0.25) is 14.7 Å². The molecule has 0 radical (unpaired) electrons. The minimum atomic E-state index is -1.07. The maximum absolute atomic E-state index is 12.8. The van der Waals surface area contributed by atoms with Crippen molar-refractivity contribution in [2.45, 2.75) is 33.1 Å². The molecule has 0 bridgehead atoms. The van der Waals surface area contributed by atoms with Crippen molar-refractivity contribution in [1.82, 2.24) is 15.2 Å². The van der Waals surface area contributed by atoms with Gasteiger partial charge in [-0.2, -0.15) is 5.10 Å². The molecule has 1 amide bonds. The molecule has 0 unspecified atom stereocenters. The van der Waals surface area contributed by atoms with Crippen LogP contribution in [0.3, 0.4) is 0 Å². The van der Waals surface area contributed by atoms with Crippen molar-refractivity contribution in [2.75, 3.05) is 0 Å². The zero-order chi connectivity index (χ0) is 22.8. The number of carboxylic acids is 1. The number of carboxylic acid groups (broad SMARTS) is 1. The lowest BCUT2D eigenvalue weighted by molar-refractivity contribution is 0.0696. The topological polar surface area (TPSA) is 117 Å². The van der Waals surface area contributed by atoms with Crippen molar-refractivity contribution in [3.05, 3.63) is 86.8 Å². The molecule has 31 heavy (non-hydrogen) atoms. The number of rotatable bonds is 5. The SMILES string of the molecule is Cc1[nH]n(-c2ccc(C(C)(C)C)cc2)c(=O)c1/C=N/NC(=O)c1ccc(C(=O)O)cc1. The van der Waals surface area contributed by atoms with E-state index >= 15 is 0 Å². The van der Waals surface area contributed by atoms with Gasteiger partial charge in [0.05, 0.1) is 23.0 Å². The Bertz CT molecular complexity index is 1190. The molecule has 3 N–H and O–H groups in total. The summed E-state index contributed by atoms with van der Waals surface area (Å²) < 4.78 is 1.43. The summed E-state index contributed by atoms with van der Waals surface area (Å²) in [7, 11) is 0. The number of aromatic carboxylic acids is 1. The fourth-order valence-electron chi connectivity index (χ4n) is 2.99. The number of aryl methyl sites for hydroxylation is 1. The first-order valence-electron chi connectivity index (χ1n) is 9.67. The number of amides is 1. The highest BCUT2D eigenvalue weighted by Gasteiger charge is 2.15. The third kappa shape index (κ3) is 4.80. The van der Waals surface area contributed by atoms with Crippen LogP contribution in [0, 0.1) is 6.92 Å². The first-order valence-corrected chi connectivity index (χ1v) is 9.67. The van der Waals surface area contributed by atoms with Gasteiger partial charge in [-0.15, -0.1) is 0 Å². The van der Waals surface area contributed by atoms with Gasteiger partial charge in [0.25, 0.3) is 11.5 Å². The molecule has 0 atom stereocenters. The summed E-state index contributed by atoms with van der Waals surface area (Å²) in [5.74, 6) is -1.59. The maximum atomic E-state index is 12.8. The van der Waals surface area contributed by atoms with Crippen LogP contribution < -0.4 is 11.0 Å². The Labute approximate surface area is 179 Å². The molecule has 0 aliphatic rings. The van der Waals surface area contributed by atoms with Crippen molar-refractivity contribution in [3.63, 3.8) is 0 Å². The molecule has 0 spiro atoms. The largest absolute Gasteiger partial charge is 0.478 e. The van der Waals surface area contributed by atoms with E-state index in [4.69, 9.17) is 5.11 Å². The van der Waals surface area contributed by atoms with Crippen molar-refractivity contribution in [1.29, 1.82) is 0 Å². The molecule has 8 nitrogen and oxygen atoms in total. The van der Waals surface area contributed by atoms with E-state index in [0.29, 0.717) is 16.9 Å². The molecule has 0 saturated carbocycles. The van der Waals surface area contributed by atoms with Crippen molar-refractivity contribution in [2.24, 2.45) is 5.10 Å². The highest BCUT2D eigenvalue weighted by molar-refractivity contribution is 5.96. The molecule has 2 aromatic carbocycles.